The molecule has 0 unspecified atom stereocenters. The number of hydrogen-bond donors (Lipinski definition) is 0. The van der Waals surface area contributed by atoms with E-state index in [1.807, 2.05) is 0 Å². The first-order chi connectivity index (χ1) is 19.5. The summed E-state index contributed by atoms with van der Waals surface area (Å²) in [6.07, 6.45) is 0. The Hall–Kier alpha value is -4.46. The smallest absolute Gasteiger partial charge is 0.0656 e. The molecule has 0 atom stereocenters. The zero-order valence-corrected chi connectivity index (χ0v) is 24.3. The van der Waals surface area contributed by atoms with Gasteiger partial charge < -0.3 is 0 Å². The van der Waals surface area contributed by atoms with Crippen LogP contribution in [0.1, 0.15) is 0 Å². The van der Waals surface area contributed by atoms with Crippen LogP contribution in [0, 0.1) is 0 Å². The molecule has 40 heavy (non-hydrogen) atoms. The average molecular weight is 529 g/mol. The Morgan fingerprint density at radius 1 is 0.350 bits per heavy atom. The molecule has 0 spiro atoms. The molecule has 7 aromatic carbocycles. The van der Waals surface area contributed by atoms with E-state index >= 15 is 0 Å². The van der Waals surface area contributed by atoms with Crippen molar-refractivity contribution in [3.05, 3.63) is 140 Å². The molecule has 0 amide bonds. The highest BCUT2D eigenvalue weighted by atomic mass is 28.3. The molecule has 0 fully saturated rings. The molecule has 0 nitrogen and oxygen atoms in total. The average Bonchev–Trinajstić information content (AvgIpc) is 2.99. The second-order valence-corrected chi connectivity index (χ2v) is 16.8. The maximum absolute atomic E-state index is 2.50. The number of rotatable bonds is 4. The van der Waals surface area contributed by atoms with Crippen molar-refractivity contribution < 1.29 is 0 Å². The lowest BCUT2D eigenvalue weighted by atomic mass is 9.84. The standard InChI is InChI=1S/C39H32Si/c1-40(2,3)29-24-25-36-37(26-29)38(28-16-8-5-9-17-28)34-18-10-11-19-35(34)39(36)33-23-13-21-31-30(20-12-22-32(31)33)27-14-6-4-7-15-27/h4-26H,1-3H3. The van der Waals surface area contributed by atoms with Gasteiger partial charge in [0.1, 0.15) is 0 Å². The Kier molecular flexibility index (Phi) is 5.91. The van der Waals surface area contributed by atoms with Crippen molar-refractivity contribution in [1.82, 2.24) is 0 Å². The molecule has 0 radical (unpaired) electrons. The van der Waals surface area contributed by atoms with Gasteiger partial charge in [0, 0.05) is 0 Å². The topological polar surface area (TPSA) is 0 Å². The lowest BCUT2D eigenvalue weighted by molar-refractivity contribution is 1.64. The molecule has 0 bridgehead atoms. The predicted octanol–water partition coefficient (Wildman–Crippen LogP) is 10.7. The lowest BCUT2D eigenvalue weighted by Crippen LogP contribution is -2.37. The van der Waals surface area contributed by atoms with E-state index in [0.717, 1.165) is 0 Å². The third-order valence-electron chi connectivity index (χ3n) is 8.23. The Labute approximate surface area is 237 Å². The summed E-state index contributed by atoms with van der Waals surface area (Å²) in [5.74, 6) is 0. The highest BCUT2D eigenvalue weighted by molar-refractivity contribution is 6.88. The first-order valence-corrected chi connectivity index (χ1v) is 17.6. The zero-order valence-electron chi connectivity index (χ0n) is 23.3. The van der Waals surface area contributed by atoms with Crippen molar-refractivity contribution in [3.63, 3.8) is 0 Å². The molecule has 0 heterocycles. The van der Waals surface area contributed by atoms with Crippen molar-refractivity contribution in [2.45, 2.75) is 19.6 Å². The second kappa shape index (κ2) is 9.62. The molecular weight excluding hydrogens is 497 g/mol. The van der Waals surface area contributed by atoms with Gasteiger partial charge in [0.2, 0.25) is 0 Å². The summed E-state index contributed by atoms with van der Waals surface area (Å²) in [7, 11) is -1.53. The first kappa shape index (κ1) is 24.6. The monoisotopic (exact) mass is 528 g/mol. The van der Waals surface area contributed by atoms with Crippen molar-refractivity contribution in [1.29, 1.82) is 0 Å². The fraction of sp³-hybridized carbons (Fsp3) is 0.0769. The van der Waals surface area contributed by atoms with Crippen molar-refractivity contribution in [2.24, 2.45) is 0 Å². The van der Waals surface area contributed by atoms with Crippen molar-refractivity contribution in [2.75, 3.05) is 0 Å². The first-order valence-electron chi connectivity index (χ1n) is 14.1. The van der Waals surface area contributed by atoms with Crippen LogP contribution < -0.4 is 5.19 Å². The molecule has 7 rings (SSSR count). The quantitative estimate of drug-likeness (QED) is 0.157. The van der Waals surface area contributed by atoms with Gasteiger partial charge in [0.25, 0.3) is 0 Å². The van der Waals surface area contributed by atoms with Gasteiger partial charge in [-0.1, -0.05) is 164 Å². The molecule has 7 aromatic rings. The third-order valence-corrected chi connectivity index (χ3v) is 10.3. The van der Waals surface area contributed by atoms with E-state index in [9.17, 15) is 0 Å². The highest BCUT2D eigenvalue weighted by Gasteiger charge is 2.22. The highest BCUT2D eigenvalue weighted by Crippen LogP contribution is 2.45. The summed E-state index contributed by atoms with van der Waals surface area (Å²) in [6.45, 7) is 7.32. The summed E-state index contributed by atoms with van der Waals surface area (Å²) in [4.78, 5) is 0. The van der Waals surface area contributed by atoms with Gasteiger partial charge in [-0.3, -0.25) is 0 Å². The molecule has 0 aromatic heterocycles. The molecule has 192 valence electrons. The molecule has 1 heteroatoms. The van der Waals surface area contributed by atoms with Gasteiger partial charge in [-0.05, 0) is 65.7 Å². The van der Waals surface area contributed by atoms with E-state index in [1.165, 1.54) is 70.9 Å². The Bertz CT molecular complexity index is 2010. The third kappa shape index (κ3) is 4.06. The SMILES string of the molecule is C[Si](C)(C)c1ccc2c(-c3cccc4c(-c5ccccc5)cccc34)c3ccccc3c(-c3ccccc3)c2c1. The van der Waals surface area contributed by atoms with Gasteiger partial charge in [0.15, 0.2) is 0 Å². The number of fused-ring (bicyclic) bond motifs is 3. The Morgan fingerprint density at radius 2 is 0.850 bits per heavy atom. The van der Waals surface area contributed by atoms with Crippen molar-refractivity contribution >= 4 is 45.6 Å². The molecule has 0 saturated heterocycles. The minimum atomic E-state index is -1.53. The van der Waals surface area contributed by atoms with Gasteiger partial charge in [-0.15, -0.1) is 0 Å². The maximum atomic E-state index is 2.50. The summed E-state index contributed by atoms with van der Waals surface area (Å²) in [5, 5.41) is 9.33. The molecule has 0 aliphatic heterocycles. The van der Waals surface area contributed by atoms with Gasteiger partial charge in [0.05, 0.1) is 8.07 Å². The molecule has 0 aliphatic rings. The Balaban J connectivity index is 1.64. The van der Waals surface area contributed by atoms with E-state index in [0.29, 0.717) is 0 Å². The summed E-state index contributed by atoms with van der Waals surface area (Å²) in [5.41, 5.74) is 7.74. The van der Waals surface area contributed by atoms with Crippen LogP contribution in [0.25, 0.3) is 65.7 Å². The minimum Gasteiger partial charge on any atom is -0.0656 e. The van der Waals surface area contributed by atoms with Gasteiger partial charge in [-0.25, -0.2) is 0 Å². The molecule has 0 aliphatic carbocycles. The van der Waals surface area contributed by atoms with Gasteiger partial charge >= 0.3 is 0 Å². The van der Waals surface area contributed by atoms with E-state index < -0.39 is 8.07 Å². The maximum Gasteiger partial charge on any atom is 0.0776 e. The molecule has 0 N–H and O–H groups in total. The van der Waals surface area contributed by atoms with E-state index in [1.54, 1.807) is 0 Å². The summed E-state index contributed by atoms with van der Waals surface area (Å²) in [6, 6.07) is 51.5. The van der Waals surface area contributed by atoms with Crippen LogP contribution in [0.15, 0.2) is 140 Å². The van der Waals surface area contributed by atoms with Crippen LogP contribution in [0.3, 0.4) is 0 Å². The van der Waals surface area contributed by atoms with E-state index in [4.69, 9.17) is 0 Å². The van der Waals surface area contributed by atoms with Crippen LogP contribution in [-0.2, 0) is 0 Å². The van der Waals surface area contributed by atoms with E-state index in [2.05, 4.69) is 159 Å². The summed E-state index contributed by atoms with van der Waals surface area (Å²) < 4.78 is 0. The number of benzene rings is 7. The lowest BCUT2D eigenvalue weighted by Gasteiger charge is -2.22. The van der Waals surface area contributed by atoms with Crippen LogP contribution >= 0.6 is 0 Å². The van der Waals surface area contributed by atoms with Crippen molar-refractivity contribution in [3.8, 4) is 33.4 Å². The zero-order chi connectivity index (χ0) is 27.3. The largest absolute Gasteiger partial charge is 0.0776 e. The number of hydrogen-bond acceptors (Lipinski definition) is 0. The molecular formula is C39H32Si. The van der Waals surface area contributed by atoms with E-state index in [-0.39, 0.29) is 0 Å². The second-order valence-electron chi connectivity index (χ2n) is 11.7. The van der Waals surface area contributed by atoms with Crippen LogP contribution in [-0.4, -0.2) is 8.07 Å². The van der Waals surface area contributed by atoms with Crippen LogP contribution in [0.2, 0.25) is 19.6 Å². The normalized spacial score (nSPS) is 11.9. The fourth-order valence-electron chi connectivity index (χ4n) is 6.25. The molecule has 0 saturated carbocycles. The Morgan fingerprint density at radius 3 is 1.50 bits per heavy atom. The predicted molar refractivity (Wildman–Crippen MR) is 178 cm³/mol. The van der Waals surface area contributed by atoms with Crippen LogP contribution in [0.4, 0.5) is 0 Å². The fourth-order valence-corrected chi connectivity index (χ4v) is 7.41. The minimum absolute atomic E-state index is 1.25. The van der Waals surface area contributed by atoms with Gasteiger partial charge in [-0.2, -0.15) is 0 Å². The summed E-state index contributed by atoms with van der Waals surface area (Å²) >= 11 is 0. The van der Waals surface area contributed by atoms with Crippen LogP contribution in [0.5, 0.6) is 0 Å².